The molecule has 0 saturated heterocycles. The van der Waals surface area contributed by atoms with Crippen molar-refractivity contribution in [3.8, 4) is 0 Å². The van der Waals surface area contributed by atoms with Crippen LogP contribution in [0.15, 0.2) is 6.20 Å². The summed E-state index contributed by atoms with van der Waals surface area (Å²) in [6.45, 7) is 0. The Labute approximate surface area is 82.3 Å². The highest BCUT2D eigenvalue weighted by Gasteiger charge is 2.39. The van der Waals surface area contributed by atoms with Crippen molar-refractivity contribution >= 4 is 5.78 Å². The van der Waals surface area contributed by atoms with Crippen LogP contribution in [0.3, 0.4) is 0 Å². The third-order valence-corrected chi connectivity index (χ3v) is 2.79. The molecule has 0 amide bonds. The van der Waals surface area contributed by atoms with E-state index in [1.165, 1.54) is 0 Å². The van der Waals surface area contributed by atoms with Gasteiger partial charge in [0.25, 0.3) is 0 Å². The van der Waals surface area contributed by atoms with Crippen LogP contribution in [0, 0.1) is 0 Å². The molecule has 0 aliphatic heterocycles. The third-order valence-electron chi connectivity index (χ3n) is 2.79. The Morgan fingerprint density at radius 3 is 2.86 bits per heavy atom. The predicted octanol–water partition coefficient (Wildman–Crippen LogP) is -0.192. The maximum atomic E-state index is 11.7. The minimum absolute atomic E-state index is 0.0873. The Morgan fingerprint density at radius 2 is 2.43 bits per heavy atom. The molecule has 0 unspecified atom stereocenters. The van der Waals surface area contributed by atoms with Crippen molar-refractivity contribution in [1.82, 2.24) is 15.0 Å². The van der Waals surface area contributed by atoms with Crippen LogP contribution in [0.4, 0.5) is 0 Å². The van der Waals surface area contributed by atoms with Gasteiger partial charge < -0.3 is 5.73 Å². The lowest BCUT2D eigenvalue weighted by molar-refractivity contribution is -0.126. The molecule has 1 aromatic rings. The number of aromatic nitrogens is 3. The Kier molecular flexibility index (Phi) is 2.11. The second-order valence-corrected chi connectivity index (χ2v) is 3.99. The molecule has 2 N–H and O–H groups in total. The monoisotopic (exact) mass is 194 g/mol. The van der Waals surface area contributed by atoms with Gasteiger partial charge in [0, 0.05) is 13.2 Å². The highest BCUT2D eigenvalue weighted by molar-refractivity contribution is 5.90. The Balaban J connectivity index is 2.01. The number of nitrogens with zero attached hydrogens (tertiary/aromatic N) is 3. The molecule has 2 rings (SSSR count). The van der Waals surface area contributed by atoms with Crippen molar-refractivity contribution in [2.75, 3.05) is 0 Å². The molecule has 76 valence electrons. The molecular formula is C9H14N4O. The number of Topliss-reactive ketones (excluding diaryl/α,β-unsaturated/α-hetero) is 1. The number of carbonyl (C=O) groups is 1. The number of ketones is 1. The van der Waals surface area contributed by atoms with E-state index in [1.807, 2.05) is 0 Å². The number of hydrogen-bond donors (Lipinski definition) is 1. The zero-order valence-corrected chi connectivity index (χ0v) is 8.23. The molecule has 0 atom stereocenters. The van der Waals surface area contributed by atoms with E-state index in [1.54, 1.807) is 17.9 Å². The molecule has 14 heavy (non-hydrogen) atoms. The summed E-state index contributed by atoms with van der Waals surface area (Å²) in [7, 11) is 1.78. The molecule has 0 aromatic carbocycles. The summed E-state index contributed by atoms with van der Waals surface area (Å²) in [5.41, 5.74) is 6.03. The summed E-state index contributed by atoms with van der Waals surface area (Å²) < 4.78 is 1.59. The van der Waals surface area contributed by atoms with Crippen molar-refractivity contribution in [3.05, 3.63) is 11.9 Å². The van der Waals surface area contributed by atoms with Crippen LogP contribution in [0.25, 0.3) is 0 Å². The fourth-order valence-corrected chi connectivity index (χ4v) is 1.65. The van der Waals surface area contributed by atoms with Crippen molar-refractivity contribution in [3.63, 3.8) is 0 Å². The summed E-state index contributed by atoms with van der Waals surface area (Å²) in [5.74, 6) is 0.0873. The lowest BCUT2D eigenvalue weighted by atomic mass is 9.73. The van der Waals surface area contributed by atoms with Gasteiger partial charge in [0.1, 0.15) is 0 Å². The molecule has 5 nitrogen and oxygen atoms in total. The average Bonchev–Trinajstić information content (AvgIpc) is 2.47. The number of nitrogens with two attached hydrogens (primary N) is 1. The van der Waals surface area contributed by atoms with Crippen molar-refractivity contribution in [2.24, 2.45) is 12.8 Å². The van der Waals surface area contributed by atoms with Gasteiger partial charge in [-0.05, 0) is 19.3 Å². The Morgan fingerprint density at radius 1 is 1.71 bits per heavy atom. The van der Waals surface area contributed by atoms with Crippen molar-refractivity contribution in [2.45, 2.75) is 31.2 Å². The topological polar surface area (TPSA) is 73.8 Å². The number of aryl methyl sites for hydroxylation is 1. The maximum Gasteiger partial charge on any atom is 0.158 e. The summed E-state index contributed by atoms with van der Waals surface area (Å²) in [6, 6.07) is 0. The first-order valence-corrected chi connectivity index (χ1v) is 4.77. The zero-order chi connectivity index (χ0) is 10.2. The molecule has 1 saturated carbocycles. The SMILES string of the molecule is Cn1cc(CC(=O)C2(N)CCC2)nn1. The van der Waals surface area contributed by atoms with Gasteiger partial charge in [-0.2, -0.15) is 0 Å². The number of hydrogen-bond acceptors (Lipinski definition) is 4. The summed E-state index contributed by atoms with van der Waals surface area (Å²) in [4.78, 5) is 11.7. The molecule has 0 radical (unpaired) electrons. The molecule has 1 aromatic heterocycles. The van der Waals surface area contributed by atoms with E-state index >= 15 is 0 Å². The highest BCUT2D eigenvalue weighted by atomic mass is 16.1. The van der Waals surface area contributed by atoms with E-state index < -0.39 is 5.54 Å². The molecule has 5 heteroatoms. The molecule has 1 aliphatic carbocycles. The Bertz CT molecular complexity index is 353. The predicted molar refractivity (Wildman–Crippen MR) is 50.5 cm³/mol. The molecular weight excluding hydrogens is 180 g/mol. The van der Waals surface area contributed by atoms with Crippen LogP contribution in [-0.2, 0) is 18.3 Å². The van der Waals surface area contributed by atoms with Crippen LogP contribution >= 0.6 is 0 Å². The fraction of sp³-hybridized carbons (Fsp3) is 0.667. The standard InChI is InChI=1S/C9H14N4O/c1-13-6-7(11-12-13)5-8(14)9(10)3-2-4-9/h6H,2-5,10H2,1H3. The van der Waals surface area contributed by atoms with Gasteiger partial charge in [-0.25, -0.2) is 0 Å². The first kappa shape index (κ1) is 9.33. The van der Waals surface area contributed by atoms with E-state index in [-0.39, 0.29) is 5.78 Å². The quantitative estimate of drug-likeness (QED) is 0.723. The van der Waals surface area contributed by atoms with E-state index in [0.29, 0.717) is 12.1 Å². The third kappa shape index (κ3) is 1.55. The van der Waals surface area contributed by atoms with Crippen molar-refractivity contribution in [1.29, 1.82) is 0 Å². The minimum Gasteiger partial charge on any atom is -0.319 e. The zero-order valence-electron chi connectivity index (χ0n) is 8.23. The van der Waals surface area contributed by atoms with E-state index in [2.05, 4.69) is 10.3 Å². The second kappa shape index (κ2) is 3.16. The van der Waals surface area contributed by atoms with Crippen LogP contribution < -0.4 is 5.73 Å². The van der Waals surface area contributed by atoms with E-state index in [9.17, 15) is 4.79 Å². The molecule has 1 heterocycles. The average molecular weight is 194 g/mol. The number of rotatable bonds is 3. The largest absolute Gasteiger partial charge is 0.319 e. The van der Waals surface area contributed by atoms with E-state index in [4.69, 9.17) is 5.73 Å². The van der Waals surface area contributed by atoms with Gasteiger partial charge in [0.05, 0.1) is 17.7 Å². The summed E-state index contributed by atoms with van der Waals surface area (Å²) >= 11 is 0. The lowest BCUT2D eigenvalue weighted by Gasteiger charge is -2.36. The van der Waals surface area contributed by atoms with Gasteiger partial charge in [-0.15, -0.1) is 5.10 Å². The molecule has 1 fully saturated rings. The smallest absolute Gasteiger partial charge is 0.158 e. The summed E-state index contributed by atoms with van der Waals surface area (Å²) in [6.07, 6.45) is 4.74. The van der Waals surface area contributed by atoms with Crippen LogP contribution in [0.5, 0.6) is 0 Å². The molecule has 0 spiro atoms. The van der Waals surface area contributed by atoms with E-state index in [0.717, 1.165) is 19.3 Å². The van der Waals surface area contributed by atoms with Gasteiger partial charge in [-0.3, -0.25) is 9.48 Å². The normalized spacial score (nSPS) is 19.0. The van der Waals surface area contributed by atoms with Crippen LogP contribution in [-0.4, -0.2) is 26.3 Å². The second-order valence-electron chi connectivity index (χ2n) is 3.99. The van der Waals surface area contributed by atoms with Gasteiger partial charge >= 0.3 is 0 Å². The number of carbonyl (C=O) groups excluding carboxylic acids is 1. The van der Waals surface area contributed by atoms with Crippen molar-refractivity contribution < 1.29 is 4.79 Å². The minimum atomic E-state index is -0.572. The molecule has 0 bridgehead atoms. The van der Waals surface area contributed by atoms with Crippen LogP contribution in [0.2, 0.25) is 0 Å². The molecule has 1 aliphatic rings. The first-order valence-electron chi connectivity index (χ1n) is 4.77. The van der Waals surface area contributed by atoms with Crippen LogP contribution in [0.1, 0.15) is 25.0 Å². The van der Waals surface area contributed by atoms with Gasteiger partial charge in [0.15, 0.2) is 5.78 Å². The fourth-order valence-electron chi connectivity index (χ4n) is 1.65. The summed E-state index contributed by atoms with van der Waals surface area (Å²) in [5, 5.41) is 7.63. The highest BCUT2D eigenvalue weighted by Crippen LogP contribution is 2.30. The maximum absolute atomic E-state index is 11.7. The Hall–Kier alpha value is -1.23. The van der Waals surface area contributed by atoms with Gasteiger partial charge in [0.2, 0.25) is 0 Å². The first-order chi connectivity index (χ1) is 6.60. The van der Waals surface area contributed by atoms with Gasteiger partial charge in [-0.1, -0.05) is 5.21 Å². The lowest BCUT2D eigenvalue weighted by Crippen LogP contribution is -2.54.